The van der Waals surface area contributed by atoms with Crippen molar-refractivity contribution in [3.05, 3.63) is 30.0 Å². The molecule has 2 heterocycles. The minimum Gasteiger partial charge on any atom is -0.468 e. The molecule has 1 aliphatic heterocycles. The highest BCUT2D eigenvalue weighted by molar-refractivity contribution is 5.89. The quantitative estimate of drug-likeness (QED) is 0.872. The second-order valence-electron chi connectivity index (χ2n) is 4.98. The molecule has 0 atom stereocenters. The van der Waals surface area contributed by atoms with E-state index in [0.29, 0.717) is 18.8 Å². The van der Waals surface area contributed by atoms with E-state index in [1.165, 1.54) is 18.3 Å². The van der Waals surface area contributed by atoms with E-state index in [4.69, 9.17) is 0 Å². The molecule has 0 aliphatic carbocycles. The van der Waals surface area contributed by atoms with Crippen molar-refractivity contribution in [1.82, 2.24) is 9.88 Å². The van der Waals surface area contributed by atoms with Crippen LogP contribution >= 0.6 is 0 Å². The van der Waals surface area contributed by atoms with E-state index in [0.717, 1.165) is 12.0 Å². The number of anilines is 1. The SMILES string of the molecule is CC1=CCCN(C(=O)Nc2ccc(OCC(F)(F)F)nc2)C1. The van der Waals surface area contributed by atoms with E-state index in [9.17, 15) is 18.0 Å². The van der Waals surface area contributed by atoms with Crippen molar-refractivity contribution in [2.24, 2.45) is 0 Å². The van der Waals surface area contributed by atoms with Crippen molar-refractivity contribution in [1.29, 1.82) is 0 Å². The van der Waals surface area contributed by atoms with Crippen molar-refractivity contribution >= 4 is 11.7 Å². The lowest BCUT2D eigenvalue weighted by atomic mass is 10.1. The molecular formula is C14H16F3N3O2. The Kier molecular flexibility index (Phi) is 4.89. The lowest BCUT2D eigenvalue weighted by molar-refractivity contribution is -0.154. The van der Waals surface area contributed by atoms with E-state index in [2.05, 4.69) is 21.1 Å². The van der Waals surface area contributed by atoms with Crippen molar-refractivity contribution in [2.75, 3.05) is 25.0 Å². The number of carbonyl (C=O) groups is 1. The first kappa shape index (κ1) is 16.1. The summed E-state index contributed by atoms with van der Waals surface area (Å²) in [5.41, 5.74) is 1.52. The highest BCUT2D eigenvalue weighted by Crippen LogP contribution is 2.18. The molecule has 0 bridgehead atoms. The number of rotatable bonds is 3. The molecule has 2 rings (SSSR count). The van der Waals surface area contributed by atoms with Gasteiger partial charge in [-0.15, -0.1) is 0 Å². The van der Waals surface area contributed by atoms with Crippen LogP contribution in [0.2, 0.25) is 0 Å². The van der Waals surface area contributed by atoms with Gasteiger partial charge in [0.1, 0.15) is 0 Å². The van der Waals surface area contributed by atoms with Crippen LogP contribution in [0.15, 0.2) is 30.0 Å². The smallest absolute Gasteiger partial charge is 0.422 e. The third-order valence-electron chi connectivity index (χ3n) is 2.99. The van der Waals surface area contributed by atoms with E-state index in [-0.39, 0.29) is 11.9 Å². The summed E-state index contributed by atoms with van der Waals surface area (Å²) in [6.45, 7) is 1.74. The standard InChI is InChI=1S/C14H16F3N3O2/c1-10-3-2-6-20(8-10)13(21)19-11-4-5-12(18-7-11)22-9-14(15,16)17/h3-5,7H,2,6,8-9H2,1H3,(H,19,21). The molecule has 22 heavy (non-hydrogen) atoms. The Morgan fingerprint density at radius 1 is 1.45 bits per heavy atom. The number of aromatic nitrogens is 1. The zero-order valence-corrected chi connectivity index (χ0v) is 12.0. The molecular weight excluding hydrogens is 299 g/mol. The number of amides is 2. The highest BCUT2D eigenvalue weighted by atomic mass is 19.4. The first-order chi connectivity index (χ1) is 10.3. The van der Waals surface area contributed by atoms with E-state index < -0.39 is 12.8 Å². The zero-order valence-electron chi connectivity index (χ0n) is 12.0. The van der Waals surface area contributed by atoms with Gasteiger partial charge in [-0.2, -0.15) is 13.2 Å². The summed E-state index contributed by atoms with van der Waals surface area (Å²) in [5.74, 6) is -0.146. The van der Waals surface area contributed by atoms with E-state index >= 15 is 0 Å². The predicted molar refractivity (Wildman–Crippen MR) is 74.8 cm³/mol. The molecule has 0 saturated heterocycles. The molecule has 0 fully saturated rings. The summed E-state index contributed by atoms with van der Waals surface area (Å²) in [4.78, 5) is 17.4. The van der Waals surface area contributed by atoms with Crippen LogP contribution in [0.4, 0.5) is 23.7 Å². The summed E-state index contributed by atoms with van der Waals surface area (Å²) in [6.07, 6.45) is -0.260. The number of nitrogens with zero attached hydrogens (tertiary/aromatic N) is 2. The fraction of sp³-hybridized carbons (Fsp3) is 0.429. The van der Waals surface area contributed by atoms with Crippen LogP contribution in [0.5, 0.6) is 5.88 Å². The van der Waals surface area contributed by atoms with Crippen molar-refractivity contribution in [2.45, 2.75) is 19.5 Å². The Labute approximate surface area is 125 Å². The summed E-state index contributed by atoms with van der Waals surface area (Å²) in [6, 6.07) is 2.46. The van der Waals surface area contributed by atoms with Gasteiger partial charge in [-0.1, -0.05) is 11.6 Å². The average molecular weight is 315 g/mol. The van der Waals surface area contributed by atoms with Crippen LogP contribution in [0.3, 0.4) is 0 Å². The van der Waals surface area contributed by atoms with E-state index in [1.54, 1.807) is 4.90 Å². The highest BCUT2D eigenvalue weighted by Gasteiger charge is 2.28. The fourth-order valence-corrected chi connectivity index (χ4v) is 1.98. The number of alkyl halides is 3. The molecule has 1 aliphatic rings. The van der Waals surface area contributed by atoms with Gasteiger partial charge in [-0.05, 0) is 19.4 Å². The van der Waals surface area contributed by atoms with Crippen LogP contribution in [-0.4, -0.2) is 41.8 Å². The van der Waals surface area contributed by atoms with E-state index in [1.807, 2.05) is 6.92 Å². The van der Waals surface area contributed by atoms with Crippen LogP contribution in [0.1, 0.15) is 13.3 Å². The number of halogens is 3. The maximum absolute atomic E-state index is 12.0. The van der Waals surface area contributed by atoms with Crippen molar-refractivity contribution in [3.8, 4) is 5.88 Å². The van der Waals surface area contributed by atoms with Crippen molar-refractivity contribution in [3.63, 3.8) is 0 Å². The number of ether oxygens (including phenoxy) is 1. The number of hydrogen-bond acceptors (Lipinski definition) is 3. The van der Waals surface area contributed by atoms with Crippen LogP contribution < -0.4 is 10.1 Å². The second-order valence-corrected chi connectivity index (χ2v) is 4.98. The maximum Gasteiger partial charge on any atom is 0.422 e. The largest absolute Gasteiger partial charge is 0.468 e. The Balaban J connectivity index is 1.88. The third kappa shape index (κ3) is 4.94. The molecule has 120 valence electrons. The normalized spacial score (nSPS) is 15.3. The minimum absolute atomic E-state index is 0.146. The van der Waals surface area contributed by atoms with Crippen molar-refractivity contribution < 1.29 is 22.7 Å². The summed E-state index contributed by atoms with van der Waals surface area (Å²) in [5, 5.41) is 2.65. The van der Waals surface area contributed by atoms with Gasteiger partial charge in [0.15, 0.2) is 6.61 Å². The Morgan fingerprint density at radius 3 is 2.82 bits per heavy atom. The molecule has 0 saturated carbocycles. The minimum atomic E-state index is -4.41. The van der Waals surface area contributed by atoms with Crippen LogP contribution in [0.25, 0.3) is 0 Å². The molecule has 2 amide bonds. The molecule has 1 N–H and O–H groups in total. The van der Waals surface area contributed by atoms with Crippen LogP contribution in [-0.2, 0) is 0 Å². The number of pyridine rings is 1. The molecule has 0 aromatic carbocycles. The van der Waals surface area contributed by atoms with Gasteiger partial charge in [-0.25, -0.2) is 9.78 Å². The molecule has 1 aromatic rings. The maximum atomic E-state index is 12.0. The number of carbonyl (C=O) groups excluding carboxylic acids is 1. The summed E-state index contributed by atoms with van der Waals surface area (Å²) in [7, 11) is 0. The average Bonchev–Trinajstić information content (AvgIpc) is 2.46. The molecule has 5 nitrogen and oxygen atoms in total. The second kappa shape index (κ2) is 6.67. The number of hydrogen-bond donors (Lipinski definition) is 1. The first-order valence-electron chi connectivity index (χ1n) is 6.71. The number of urea groups is 1. The molecule has 1 aromatic heterocycles. The van der Waals surface area contributed by atoms with Gasteiger partial charge in [0.25, 0.3) is 0 Å². The predicted octanol–water partition coefficient (Wildman–Crippen LogP) is 3.21. The Bertz CT molecular complexity index is 555. The fourth-order valence-electron chi connectivity index (χ4n) is 1.98. The molecule has 0 spiro atoms. The van der Waals surface area contributed by atoms with Gasteiger partial charge in [0, 0.05) is 19.2 Å². The van der Waals surface area contributed by atoms with Gasteiger partial charge in [0.2, 0.25) is 5.88 Å². The molecule has 0 unspecified atom stereocenters. The lowest BCUT2D eigenvalue weighted by Gasteiger charge is -2.26. The Morgan fingerprint density at radius 2 is 2.23 bits per heavy atom. The zero-order chi connectivity index (χ0) is 16.2. The molecule has 0 radical (unpaired) electrons. The van der Waals surface area contributed by atoms with Gasteiger partial charge in [-0.3, -0.25) is 0 Å². The topological polar surface area (TPSA) is 54.5 Å². The van der Waals surface area contributed by atoms with Gasteiger partial charge < -0.3 is 15.0 Å². The summed E-state index contributed by atoms with van der Waals surface area (Å²) >= 11 is 0. The monoisotopic (exact) mass is 315 g/mol. The third-order valence-corrected chi connectivity index (χ3v) is 2.99. The Hall–Kier alpha value is -2.25. The number of nitrogens with one attached hydrogen (secondary N) is 1. The molecule has 8 heteroatoms. The lowest BCUT2D eigenvalue weighted by Crippen LogP contribution is -2.38. The summed E-state index contributed by atoms with van der Waals surface area (Å²) < 4.78 is 40.5. The van der Waals surface area contributed by atoms with Crippen LogP contribution in [0, 0.1) is 0 Å². The van der Waals surface area contributed by atoms with Gasteiger partial charge in [0.05, 0.1) is 11.9 Å². The van der Waals surface area contributed by atoms with Gasteiger partial charge >= 0.3 is 12.2 Å². The first-order valence-corrected chi connectivity index (χ1v) is 6.71.